The molecule has 2 aliphatic rings. The summed E-state index contributed by atoms with van der Waals surface area (Å²) < 4.78 is 25.8. The summed E-state index contributed by atoms with van der Waals surface area (Å²) >= 11 is 6.05. The Labute approximate surface area is 176 Å². The third kappa shape index (κ3) is 3.44. The van der Waals surface area contributed by atoms with Gasteiger partial charge in [-0.05, 0) is 31.2 Å². The van der Waals surface area contributed by atoms with E-state index in [1.54, 1.807) is 6.92 Å². The number of rotatable bonds is 3. The lowest BCUT2D eigenvalue weighted by atomic mass is 9.77. The number of pyridine rings is 1. The minimum Gasteiger partial charge on any atom is -0.459 e. The number of fused-ring (bicyclic) bond motifs is 1. The first kappa shape index (κ1) is 20.1. The zero-order chi connectivity index (χ0) is 21.5. The topological polar surface area (TPSA) is 123 Å². The van der Waals surface area contributed by atoms with Crippen LogP contribution in [0, 0.1) is 23.1 Å². The van der Waals surface area contributed by atoms with E-state index in [1.165, 1.54) is 30.5 Å². The molecule has 8 nitrogen and oxygen atoms in total. The lowest BCUT2D eigenvalue weighted by molar-refractivity contribution is 0.0817. The number of hydrogen-bond acceptors (Lipinski definition) is 7. The van der Waals surface area contributed by atoms with Crippen molar-refractivity contribution in [2.45, 2.75) is 18.6 Å². The largest absolute Gasteiger partial charge is 0.459 e. The van der Waals surface area contributed by atoms with E-state index in [0.717, 1.165) is 0 Å². The minimum atomic E-state index is -1.03. The molecule has 0 spiro atoms. The molecule has 2 aliphatic heterocycles. The fourth-order valence-electron chi connectivity index (χ4n) is 3.78. The van der Waals surface area contributed by atoms with Crippen LogP contribution in [0.2, 0.25) is 5.02 Å². The first-order chi connectivity index (χ1) is 14.3. The molecule has 154 valence electrons. The number of aromatic nitrogens is 1. The molecule has 1 amide bonds. The Balaban J connectivity index is 1.66. The Morgan fingerprint density at radius 2 is 2.23 bits per heavy atom. The molecule has 0 saturated carbocycles. The van der Waals surface area contributed by atoms with Crippen molar-refractivity contribution < 1.29 is 18.7 Å². The number of aliphatic imine (C=N–C) groups is 1. The van der Waals surface area contributed by atoms with Crippen molar-refractivity contribution in [3.8, 4) is 6.07 Å². The minimum absolute atomic E-state index is 0.0355. The number of benzene rings is 1. The van der Waals surface area contributed by atoms with Crippen LogP contribution in [-0.2, 0) is 15.0 Å². The van der Waals surface area contributed by atoms with Crippen LogP contribution in [0.3, 0.4) is 0 Å². The zero-order valence-electron chi connectivity index (χ0n) is 15.9. The summed E-state index contributed by atoms with van der Waals surface area (Å²) in [5.41, 5.74) is 5.56. The highest BCUT2D eigenvalue weighted by molar-refractivity contribution is 6.34. The number of ether oxygens (including phenoxy) is 2. The number of amidine groups is 1. The number of hydrogen-bond donors (Lipinski definition) is 2. The number of carbonyl (C=O) groups is 1. The number of nitrogens with one attached hydrogen (secondary N) is 1. The normalized spacial score (nSPS) is 24.9. The molecule has 1 aromatic carbocycles. The van der Waals surface area contributed by atoms with E-state index < -0.39 is 17.3 Å². The molecule has 4 rings (SSSR count). The van der Waals surface area contributed by atoms with Crippen LogP contribution in [-0.4, -0.2) is 36.2 Å². The van der Waals surface area contributed by atoms with Gasteiger partial charge >= 0.3 is 0 Å². The predicted octanol–water partition coefficient (Wildman–Crippen LogP) is 2.57. The van der Waals surface area contributed by atoms with Crippen LogP contribution in [0.25, 0.3) is 0 Å². The van der Waals surface area contributed by atoms with E-state index in [9.17, 15) is 9.18 Å². The van der Waals surface area contributed by atoms with Crippen LogP contribution in [0.1, 0.15) is 28.5 Å². The highest BCUT2D eigenvalue weighted by Crippen LogP contribution is 2.43. The van der Waals surface area contributed by atoms with Crippen LogP contribution in [0.15, 0.2) is 35.5 Å². The van der Waals surface area contributed by atoms with Crippen LogP contribution in [0.4, 0.5) is 10.1 Å². The van der Waals surface area contributed by atoms with Gasteiger partial charge in [0.2, 0.25) is 0 Å². The van der Waals surface area contributed by atoms with E-state index in [4.69, 9.17) is 32.1 Å². The quantitative estimate of drug-likeness (QED) is 0.773. The second kappa shape index (κ2) is 7.55. The SMILES string of the molecule is C[C@]1(c2cc(NC(=O)c3ncc(C#N)cc3Cl)ccc2F)N=C(N)O[C@@H]2COC[C@@H]21. The lowest BCUT2D eigenvalue weighted by Crippen LogP contribution is -2.47. The standard InChI is InChI=1S/C20H17ClFN5O3/c1-20(13-8-29-9-16(13)30-19(24)27-20)12-5-11(2-3-15(12)22)26-18(28)17-14(21)4-10(6-23)7-25-17/h2-5,7,13,16H,8-9H2,1H3,(H2,24,27)(H,26,28)/t13-,16+,20+/m0/s1. The molecule has 0 unspecified atom stereocenters. The van der Waals surface area contributed by atoms with E-state index in [1.807, 2.05) is 6.07 Å². The van der Waals surface area contributed by atoms with Crippen molar-refractivity contribution in [3.05, 3.63) is 58.1 Å². The molecule has 30 heavy (non-hydrogen) atoms. The second-order valence-corrected chi connectivity index (χ2v) is 7.62. The molecule has 3 heterocycles. The van der Waals surface area contributed by atoms with E-state index >= 15 is 0 Å². The van der Waals surface area contributed by atoms with E-state index in [2.05, 4.69) is 15.3 Å². The number of anilines is 1. The van der Waals surface area contributed by atoms with Crippen LogP contribution in [0.5, 0.6) is 0 Å². The molecule has 0 radical (unpaired) electrons. The summed E-state index contributed by atoms with van der Waals surface area (Å²) in [5.74, 6) is -1.32. The van der Waals surface area contributed by atoms with Gasteiger partial charge in [0.05, 0.1) is 35.3 Å². The van der Waals surface area contributed by atoms with E-state index in [-0.39, 0.29) is 39.9 Å². The van der Waals surface area contributed by atoms with Gasteiger partial charge in [0.25, 0.3) is 11.9 Å². The Kier molecular flexibility index (Phi) is 5.05. The molecule has 1 saturated heterocycles. The summed E-state index contributed by atoms with van der Waals surface area (Å²) in [6.45, 7) is 2.45. The third-order valence-corrected chi connectivity index (χ3v) is 5.61. The highest BCUT2D eigenvalue weighted by atomic mass is 35.5. The van der Waals surface area contributed by atoms with Gasteiger partial charge in [-0.1, -0.05) is 11.6 Å². The summed E-state index contributed by atoms with van der Waals surface area (Å²) in [6, 6.07) is 7.38. The molecular weight excluding hydrogens is 413 g/mol. The Hall–Kier alpha value is -3.22. The number of nitrogens with two attached hydrogens (primary N) is 1. The first-order valence-corrected chi connectivity index (χ1v) is 9.46. The molecule has 0 bridgehead atoms. The van der Waals surface area contributed by atoms with Gasteiger partial charge in [-0.25, -0.2) is 14.4 Å². The average Bonchev–Trinajstić information content (AvgIpc) is 3.18. The molecule has 2 aromatic rings. The van der Waals surface area contributed by atoms with Crippen LogP contribution >= 0.6 is 11.6 Å². The molecule has 0 aliphatic carbocycles. The van der Waals surface area contributed by atoms with Crippen molar-refractivity contribution >= 4 is 29.2 Å². The fraction of sp³-hybridized carbons (Fsp3) is 0.300. The Bertz CT molecular complexity index is 1100. The smallest absolute Gasteiger partial charge is 0.283 e. The van der Waals surface area contributed by atoms with Gasteiger partial charge in [-0.3, -0.25) is 4.79 Å². The molecule has 3 atom stereocenters. The number of amides is 1. The maximum absolute atomic E-state index is 14.8. The second-order valence-electron chi connectivity index (χ2n) is 7.21. The van der Waals surface area contributed by atoms with Gasteiger partial charge in [0.15, 0.2) is 0 Å². The monoisotopic (exact) mass is 429 g/mol. The lowest BCUT2D eigenvalue weighted by Gasteiger charge is -2.38. The van der Waals surface area contributed by atoms with Gasteiger partial charge in [0, 0.05) is 17.4 Å². The molecule has 1 fully saturated rings. The van der Waals surface area contributed by atoms with Gasteiger partial charge in [0.1, 0.15) is 23.7 Å². The Morgan fingerprint density at radius 3 is 2.97 bits per heavy atom. The molecule has 10 heteroatoms. The van der Waals surface area contributed by atoms with Crippen molar-refractivity contribution in [1.82, 2.24) is 4.98 Å². The van der Waals surface area contributed by atoms with Crippen molar-refractivity contribution in [2.24, 2.45) is 16.6 Å². The molecular formula is C20H17ClFN5O3. The van der Waals surface area contributed by atoms with Crippen molar-refractivity contribution in [3.63, 3.8) is 0 Å². The first-order valence-electron chi connectivity index (χ1n) is 9.08. The predicted molar refractivity (Wildman–Crippen MR) is 106 cm³/mol. The summed E-state index contributed by atoms with van der Waals surface area (Å²) in [4.78, 5) is 20.9. The van der Waals surface area contributed by atoms with Gasteiger partial charge < -0.3 is 20.5 Å². The molecule has 3 N–H and O–H groups in total. The number of carbonyl (C=O) groups excluding carboxylic acids is 1. The summed E-state index contributed by atoms with van der Waals surface area (Å²) in [5, 5.41) is 11.6. The summed E-state index contributed by atoms with van der Waals surface area (Å²) in [7, 11) is 0. The number of nitriles is 1. The average molecular weight is 430 g/mol. The Morgan fingerprint density at radius 1 is 1.43 bits per heavy atom. The number of halogens is 2. The third-order valence-electron chi connectivity index (χ3n) is 5.32. The highest BCUT2D eigenvalue weighted by Gasteiger charge is 2.50. The number of nitrogens with zero attached hydrogens (tertiary/aromatic N) is 3. The van der Waals surface area contributed by atoms with E-state index in [0.29, 0.717) is 18.9 Å². The summed E-state index contributed by atoms with van der Waals surface area (Å²) in [6.07, 6.45) is 0.921. The maximum atomic E-state index is 14.8. The van der Waals surface area contributed by atoms with Gasteiger partial charge in [-0.15, -0.1) is 0 Å². The maximum Gasteiger partial charge on any atom is 0.283 e. The molecule has 1 aromatic heterocycles. The van der Waals surface area contributed by atoms with Crippen LogP contribution < -0.4 is 11.1 Å². The van der Waals surface area contributed by atoms with Gasteiger partial charge in [-0.2, -0.15) is 5.26 Å². The van der Waals surface area contributed by atoms with Crippen molar-refractivity contribution in [1.29, 1.82) is 5.26 Å². The fourth-order valence-corrected chi connectivity index (χ4v) is 4.03. The zero-order valence-corrected chi connectivity index (χ0v) is 16.6. The van der Waals surface area contributed by atoms with Crippen molar-refractivity contribution in [2.75, 3.05) is 18.5 Å².